The molecule has 0 atom stereocenters. The number of likely N-dealkylation sites (N-methyl/N-ethyl adjacent to an activating group) is 1. The van der Waals surface area contributed by atoms with E-state index in [-0.39, 0.29) is 0 Å². The fourth-order valence-electron chi connectivity index (χ4n) is 3.53. The molecule has 0 bridgehead atoms. The first-order valence-electron chi connectivity index (χ1n) is 9.31. The summed E-state index contributed by atoms with van der Waals surface area (Å²) in [6, 6.07) is 0. The van der Waals surface area contributed by atoms with E-state index in [2.05, 4.69) is 51.6 Å². The van der Waals surface area contributed by atoms with E-state index >= 15 is 0 Å². The van der Waals surface area contributed by atoms with Crippen LogP contribution in [-0.4, -0.2) is 58.1 Å². The lowest BCUT2D eigenvalue weighted by molar-refractivity contribution is 0.372. The van der Waals surface area contributed by atoms with E-state index in [0.717, 1.165) is 57.1 Å². The van der Waals surface area contributed by atoms with Crippen molar-refractivity contribution in [2.45, 2.75) is 45.6 Å². The Morgan fingerprint density at radius 2 is 1.96 bits per heavy atom. The second kappa shape index (κ2) is 7.95. The molecule has 0 aromatic carbocycles. The molecule has 0 spiro atoms. The lowest BCUT2D eigenvalue weighted by Gasteiger charge is -2.33. The molecule has 1 aliphatic heterocycles. The Kier molecular flexibility index (Phi) is 5.68. The van der Waals surface area contributed by atoms with E-state index in [1.165, 1.54) is 11.4 Å². The van der Waals surface area contributed by atoms with E-state index in [1.54, 1.807) is 0 Å². The average molecular weight is 342 g/mol. The molecular formula is C19H30N6. The van der Waals surface area contributed by atoms with Gasteiger partial charge in [-0.1, -0.05) is 6.92 Å². The molecule has 2 aromatic heterocycles. The third-order valence-corrected chi connectivity index (χ3v) is 5.04. The van der Waals surface area contributed by atoms with Gasteiger partial charge in [-0.05, 0) is 40.3 Å². The first-order valence-corrected chi connectivity index (χ1v) is 9.31. The van der Waals surface area contributed by atoms with Crippen LogP contribution in [0.4, 0.5) is 5.82 Å². The van der Waals surface area contributed by atoms with Gasteiger partial charge < -0.3 is 14.4 Å². The van der Waals surface area contributed by atoms with Crippen LogP contribution in [0.1, 0.15) is 42.9 Å². The van der Waals surface area contributed by atoms with Gasteiger partial charge in [-0.2, -0.15) is 0 Å². The standard InChI is InChI=1S/C19H30N6/c1-5-16-14-21-15(2)22-19(16)24-9-6-17(7-10-24)18-20-8-11-25(18)13-12-23(3)4/h8,11,14,17H,5-7,9-10,12-13H2,1-4H3. The minimum absolute atomic E-state index is 0.543. The molecule has 0 N–H and O–H groups in total. The number of aromatic nitrogens is 4. The van der Waals surface area contributed by atoms with Crippen LogP contribution in [0.3, 0.4) is 0 Å². The number of imidazole rings is 1. The maximum atomic E-state index is 4.71. The average Bonchev–Trinajstić information content (AvgIpc) is 3.08. The van der Waals surface area contributed by atoms with Gasteiger partial charge in [0.1, 0.15) is 17.5 Å². The largest absolute Gasteiger partial charge is 0.356 e. The zero-order chi connectivity index (χ0) is 17.8. The molecule has 1 fully saturated rings. The number of aryl methyl sites for hydroxylation is 2. The number of hydrogen-bond acceptors (Lipinski definition) is 5. The Morgan fingerprint density at radius 1 is 1.20 bits per heavy atom. The van der Waals surface area contributed by atoms with Gasteiger partial charge in [-0.3, -0.25) is 0 Å². The highest BCUT2D eigenvalue weighted by Gasteiger charge is 2.25. The van der Waals surface area contributed by atoms with E-state index < -0.39 is 0 Å². The molecule has 0 aliphatic carbocycles. The van der Waals surface area contributed by atoms with Gasteiger partial charge in [-0.25, -0.2) is 15.0 Å². The molecule has 6 heteroatoms. The van der Waals surface area contributed by atoms with Crippen molar-refractivity contribution in [3.05, 3.63) is 35.8 Å². The maximum absolute atomic E-state index is 4.71. The molecule has 0 saturated carbocycles. The Morgan fingerprint density at radius 3 is 2.64 bits per heavy atom. The minimum Gasteiger partial charge on any atom is -0.356 e. The van der Waals surface area contributed by atoms with Crippen molar-refractivity contribution in [2.75, 3.05) is 38.6 Å². The second-order valence-electron chi connectivity index (χ2n) is 7.16. The van der Waals surface area contributed by atoms with Crippen LogP contribution in [0.2, 0.25) is 0 Å². The van der Waals surface area contributed by atoms with Gasteiger partial charge in [-0.15, -0.1) is 0 Å². The zero-order valence-electron chi connectivity index (χ0n) is 15.9. The van der Waals surface area contributed by atoms with Crippen LogP contribution in [-0.2, 0) is 13.0 Å². The predicted octanol–water partition coefficient (Wildman–Crippen LogP) is 2.49. The smallest absolute Gasteiger partial charge is 0.135 e. The monoisotopic (exact) mass is 342 g/mol. The van der Waals surface area contributed by atoms with Gasteiger partial charge >= 0.3 is 0 Å². The van der Waals surface area contributed by atoms with Crippen LogP contribution < -0.4 is 4.90 Å². The van der Waals surface area contributed by atoms with Crippen molar-refractivity contribution in [2.24, 2.45) is 0 Å². The van der Waals surface area contributed by atoms with Crippen molar-refractivity contribution in [1.29, 1.82) is 0 Å². The summed E-state index contributed by atoms with van der Waals surface area (Å²) in [6.07, 6.45) is 9.28. The Labute approximate surface area is 150 Å². The van der Waals surface area contributed by atoms with Gasteiger partial charge in [0.2, 0.25) is 0 Å². The Balaban J connectivity index is 1.67. The molecule has 1 saturated heterocycles. The topological polar surface area (TPSA) is 50.1 Å². The summed E-state index contributed by atoms with van der Waals surface area (Å²) in [5, 5.41) is 0. The summed E-state index contributed by atoms with van der Waals surface area (Å²) < 4.78 is 2.33. The minimum atomic E-state index is 0.543. The quantitative estimate of drug-likeness (QED) is 0.807. The van der Waals surface area contributed by atoms with E-state index in [1.807, 2.05) is 19.3 Å². The van der Waals surface area contributed by atoms with Crippen LogP contribution in [0, 0.1) is 6.92 Å². The van der Waals surface area contributed by atoms with Crippen molar-refractivity contribution in [3.63, 3.8) is 0 Å². The number of rotatable bonds is 6. The van der Waals surface area contributed by atoms with Crippen molar-refractivity contribution in [3.8, 4) is 0 Å². The molecule has 0 radical (unpaired) electrons. The van der Waals surface area contributed by atoms with Crippen LogP contribution >= 0.6 is 0 Å². The molecule has 0 unspecified atom stereocenters. The highest BCUT2D eigenvalue weighted by atomic mass is 15.2. The molecule has 0 amide bonds. The van der Waals surface area contributed by atoms with E-state index in [9.17, 15) is 0 Å². The maximum Gasteiger partial charge on any atom is 0.135 e. The zero-order valence-corrected chi connectivity index (χ0v) is 15.9. The lowest BCUT2D eigenvalue weighted by Crippen LogP contribution is -2.35. The fraction of sp³-hybridized carbons (Fsp3) is 0.632. The summed E-state index contributed by atoms with van der Waals surface area (Å²) in [5.41, 5.74) is 1.25. The summed E-state index contributed by atoms with van der Waals surface area (Å²) in [5.74, 6) is 3.77. The summed E-state index contributed by atoms with van der Waals surface area (Å²) in [7, 11) is 4.23. The van der Waals surface area contributed by atoms with Gasteiger partial charge in [0.25, 0.3) is 0 Å². The number of anilines is 1. The third-order valence-electron chi connectivity index (χ3n) is 5.04. The van der Waals surface area contributed by atoms with Crippen LogP contribution in [0.25, 0.3) is 0 Å². The fourth-order valence-corrected chi connectivity index (χ4v) is 3.53. The number of hydrogen-bond donors (Lipinski definition) is 0. The first kappa shape index (κ1) is 17.9. The molecular weight excluding hydrogens is 312 g/mol. The van der Waals surface area contributed by atoms with Crippen molar-refractivity contribution >= 4 is 5.82 Å². The van der Waals surface area contributed by atoms with E-state index in [0.29, 0.717) is 5.92 Å². The summed E-state index contributed by atoms with van der Waals surface area (Å²) in [6.45, 7) is 8.27. The summed E-state index contributed by atoms with van der Waals surface area (Å²) in [4.78, 5) is 18.4. The molecule has 136 valence electrons. The highest BCUT2D eigenvalue weighted by molar-refractivity contribution is 5.46. The van der Waals surface area contributed by atoms with Gasteiger partial charge in [0.15, 0.2) is 0 Å². The molecule has 6 nitrogen and oxygen atoms in total. The molecule has 1 aliphatic rings. The molecule has 3 heterocycles. The van der Waals surface area contributed by atoms with Crippen molar-refractivity contribution in [1.82, 2.24) is 24.4 Å². The Bertz CT molecular complexity index is 685. The van der Waals surface area contributed by atoms with Crippen molar-refractivity contribution < 1.29 is 0 Å². The van der Waals surface area contributed by atoms with Crippen LogP contribution in [0.15, 0.2) is 18.6 Å². The lowest BCUT2D eigenvalue weighted by atomic mass is 9.95. The Hall–Kier alpha value is -1.95. The second-order valence-corrected chi connectivity index (χ2v) is 7.16. The van der Waals surface area contributed by atoms with Crippen LogP contribution in [0.5, 0.6) is 0 Å². The van der Waals surface area contributed by atoms with Gasteiger partial charge in [0.05, 0.1) is 0 Å². The molecule has 25 heavy (non-hydrogen) atoms. The van der Waals surface area contributed by atoms with E-state index in [4.69, 9.17) is 4.98 Å². The SMILES string of the molecule is CCc1cnc(C)nc1N1CCC(c2nccn2CCN(C)C)CC1. The molecule has 3 rings (SSSR count). The highest BCUT2D eigenvalue weighted by Crippen LogP contribution is 2.30. The third kappa shape index (κ3) is 4.18. The summed E-state index contributed by atoms with van der Waals surface area (Å²) >= 11 is 0. The van der Waals surface area contributed by atoms with Gasteiger partial charge in [0, 0.05) is 56.3 Å². The number of piperidine rings is 1. The normalized spacial score (nSPS) is 16.0. The number of nitrogens with zero attached hydrogens (tertiary/aromatic N) is 6. The molecule has 2 aromatic rings. The first-order chi connectivity index (χ1) is 12.1. The predicted molar refractivity (Wildman–Crippen MR) is 101 cm³/mol.